The number of allylic oxidation sites excluding steroid dienone is 18. The van der Waals surface area contributed by atoms with Gasteiger partial charge < -0.3 is 23.8 Å². The Balaban J connectivity index is 4.42. The van der Waals surface area contributed by atoms with E-state index in [1.807, 2.05) is 21.1 Å². The number of hydrogen-bond donors (Lipinski definition) is 1. The molecule has 2 unspecified atom stereocenters. The van der Waals surface area contributed by atoms with Crippen LogP contribution in [0.2, 0.25) is 0 Å². The van der Waals surface area contributed by atoms with Crippen molar-refractivity contribution in [3.63, 3.8) is 0 Å². The number of unbranched alkanes of at least 4 members (excludes halogenated alkanes) is 8. The molecule has 0 amide bonds. The van der Waals surface area contributed by atoms with E-state index in [9.17, 15) is 19.5 Å². The van der Waals surface area contributed by atoms with Crippen LogP contribution in [0.4, 0.5) is 0 Å². The van der Waals surface area contributed by atoms with Crippen LogP contribution in [-0.2, 0) is 28.6 Å². The second kappa shape index (κ2) is 42.7. The van der Waals surface area contributed by atoms with E-state index < -0.39 is 18.1 Å². The van der Waals surface area contributed by atoms with Gasteiger partial charge in [0.2, 0.25) is 0 Å². The summed E-state index contributed by atoms with van der Waals surface area (Å²) in [6.45, 7) is 4.42. The maximum Gasteiger partial charge on any atom is 0.362 e. The quantitative estimate of drug-likeness (QED) is 0.0284. The minimum atomic E-state index is -0.889. The Labute approximate surface area is 372 Å². The summed E-state index contributed by atoms with van der Waals surface area (Å²) in [4.78, 5) is 37.0. The van der Waals surface area contributed by atoms with Gasteiger partial charge in [0.15, 0.2) is 12.1 Å². The van der Waals surface area contributed by atoms with E-state index in [4.69, 9.17) is 14.2 Å². The number of carbonyl (C=O) groups excluding carboxylic acids is 2. The van der Waals surface area contributed by atoms with E-state index in [2.05, 4.69) is 123 Å². The number of rotatable bonds is 40. The van der Waals surface area contributed by atoms with Gasteiger partial charge in [0.25, 0.3) is 0 Å². The summed E-state index contributed by atoms with van der Waals surface area (Å²) < 4.78 is 17.2. The fourth-order valence-electron chi connectivity index (χ4n) is 6.12. The van der Waals surface area contributed by atoms with Gasteiger partial charge in [-0.05, 0) is 89.9 Å². The molecule has 0 fully saturated rings. The molecule has 1 N–H and O–H groups in total. The standard InChI is InChI=1S/C53H85NO7/c1-6-8-10-12-14-16-18-20-22-23-24-25-26-27-28-29-30-32-33-35-37-39-41-43-51(55)60-48-49(47-59-46-45-50(53(57)58)54(3,4)5)61-52(56)44-42-40-38-36-34-31-21-19-17-15-13-11-9-7-2/h8-11,14-17,20,22,24-25,27-28,30,32,35,37,49-50H,6-7,12-13,18-19,21,23,26,29,31,33-34,36,38-48H2,1-5H3/p+1/b10-8+,11-9+,16-14+,17-15+,22-20+,25-24+,28-27+,32-30+,37-35+. The van der Waals surface area contributed by atoms with Crippen molar-refractivity contribution in [3.8, 4) is 0 Å². The maximum atomic E-state index is 12.7. The molecule has 0 rings (SSSR count). The lowest BCUT2D eigenvalue weighted by atomic mass is 10.1. The number of quaternary nitrogens is 1. The number of esters is 2. The Hall–Kier alpha value is -4.01. The lowest BCUT2D eigenvalue weighted by Crippen LogP contribution is -2.50. The summed E-state index contributed by atoms with van der Waals surface area (Å²) in [7, 11) is 5.50. The third-order valence-electron chi connectivity index (χ3n) is 9.67. The molecule has 0 aliphatic carbocycles. The average molecular weight is 849 g/mol. The molecule has 0 aromatic heterocycles. The van der Waals surface area contributed by atoms with Gasteiger partial charge in [-0.25, -0.2) is 4.79 Å². The molecule has 0 bridgehead atoms. The molecule has 0 saturated heterocycles. The highest BCUT2D eigenvalue weighted by molar-refractivity contribution is 5.72. The molecule has 61 heavy (non-hydrogen) atoms. The van der Waals surface area contributed by atoms with Crippen molar-refractivity contribution >= 4 is 17.9 Å². The van der Waals surface area contributed by atoms with Crippen molar-refractivity contribution in [1.82, 2.24) is 0 Å². The van der Waals surface area contributed by atoms with Crippen molar-refractivity contribution in [3.05, 3.63) is 109 Å². The van der Waals surface area contributed by atoms with Gasteiger partial charge in [0, 0.05) is 19.3 Å². The first-order valence-corrected chi connectivity index (χ1v) is 23.4. The van der Waals surface area contributed by atoms with Crippen LogP contribution in [0, 0.1) is 0 Å². The predicted molar refractivity (Wildman–Crippen MR) is 256 cm³/mol. The van der Waals surface area contributed by atoms with Crippen LogP contribution < -0.4 is 0 Å². The normalized spacial score (nSPS) is 13.9. The molecule has 0 radical (unpaired) electrons. The second-order valence-electron chi connectivity index (χ2n) is 16.2. The van der Waals surface area contributed by atoms with Gasteiger partial charge in [-0.2, -0.15) is 0 Å². The molecule has 0 aromatic rings. The molecular weight excluding hydrogens is 763 g/mol. The summed E-state index contributed by atoms with van der Waals surface area (Å²) in [5.41, 5.74) is 0. The molecule has 0 spiro atoms. The van der Waals surface area contributed by atoms with Crippen LogP contribution in [0.5, 0.6) is 0 Å². The van der Waals surface area contributed by atoms with Crippen molar-refractivity contribution in [2.24, 2.45) is 0 Å². The lowest BCUT2D eigenvalue weighted by molar-refractivity contribution is -0.887. The minimum absolute atomic E-state index is 0.0322. The number of nitrogens with zero attached hydrogens (tertiary/aromatic N) is 1. The van der Waals surface area contributed by atoms with Crippen LogP contribution in [0.1, 0.15) is 155 Å². The molecule has 0 aliphatic rings. The molecule has 0 aliphatic heterocycles. The summed E-state index contributed by atoms with van der Waals surface area (Å²) >= 11 is 0. The van der Waals surface area contributed by atoms with Crippen molar-refractivity contribution in [2.75, 3.05) is 41.0 Å². The van der Waals surface area contributed by atoms with Crippen LogP contribution in [0.15, 0.2) is 109 Å². The van der Waals surface area contributed by atoms with E-state index in [0.717, 1.165) is 96.3 Å². The largest absolute Gasteiger partial charge is 0.477 e. The molecule has 0 aromatic carbocycles. The topological polar surface area (TPSA) is 99.1 Å². The minimum Gasteiger partial charge on any atom is -0.477 e. The fraction of sp³-hybridized carbons (Fsp3) is 0.604. The van der Waals surface area contributed by atoms with E-state index in [1.54, 1.807) is 0 Å². The number of ether oxygens (including phenoxy) is 3. The fourth-order valence-corrected chi connectivity index (χ4v) is 6.12. The molecule has 344 valence electrons. The SMILES string of the molecule is CC/C=C/C/C=C/C/C=C/C/C=C/C/C=C/C/C=C/C/C=C/CCCC(=O)OCC(COCCC(C(=O)O)[N+](C)(C)C)OC(=O)CCCCCCCCC/C=C/C/C=C/CC. The Bertz CT molecular complexity index is 1360. The first kappa shape index (κ1) is 57.0. The molecule has 8 nitrogen and oxygen atoms in total. The highest BCUT2D eigenvalue weighted by Crippen LogP contribution is 2.13. The van der Waals surface area contributed by atoms with Gasteiger partial charge in [0.05, 0.1) is 34.4 Å². The van der Waals surface area contributed by atoms with Crippen molar-refractivity contribution < 1.29 is 38.2 Å². The summed E-state index contributed by atoms with van der Waals surface area (Å²) in [6.07, 6.45) is 58.6. The highest BCUT2D eigenvalue weighted by atomic mass is 16.6. The van der Waals surface area contributed by atoms with Gasteiger partial charge in [-0.15, -0.1) is 0 Å². The zero-order chi connectivity index (χ0) is 44.9. The van der Waals surface area contributed by atoms with Crippen LogP contribution in [-0.4, -0.2) is 80.6 Å². The van der Waals surface area contributed by atoms with Crippen LogP contribution in [0.25, 0.3) is 0 Å². The Morgan fingerprint density at radius 1 is 0.492 bits per heavy atom. The summed E-state index contributed by atoms with van der Waals surface area (Å²) in [5, 5.41) is 9.63. The molecule has 2 atom stereocenters. The number of carboxylic acid groups (broad SMARTS) is 1. The van der Waals surface area contributed by atoms with E-state index in [-0.39, 0.29) is 42.7 Å². The van der Waals surface area contributed by atoms with Gasteiger partial charge in [-0.3, -0.25) is 9.59 Å². The Kier molecular flexibility index (Phi) is 39.9. The first-order chi connectivity index (χ1) is 29.6. The summed E-state index contributed by atoms with van der Waals surface area (Å²) in [5.74, 6) is -1.57. The van der Waals surface area contributed by atoms with Gasteiger partial charge in [0.1, 0.15) is 6.61 Å². The van der Waals surface area contributed by atoms with Crippen LogP contribution in [0.3, 0.4) is 0 Å². The highest BCUT2D eigenvalue weighted by Gasteiger charge is 2.31. The van der Waals surface area contributed by atoms with Gasteiger partial charge >= 0.3 is 17.9 Å². The molecule has 0 saturated carbocycles. The smallest absolute Gasteiger partial charge is 0.362 e. The van der Waals surface area contributed by atoms with Crippen molar-refractivity contribution in [2.45, 2.75) is 167 Å². The third-order valence-corrected chi connectivity index (χ3v) is 9.67. The van der Waals surface area contributed by atoms with Crippen LogP contribution >= 0.6 is 0 Å². The maximum absolute atomic E-state index is 12.7. The first-order valence-electron chi connectivity index (χ1n) is 23.4. The predicted octanol–water partition coefficient (Wildman–Crippen LogP) is 13.2. The molecule has 8 heteroatoms. The Morgan fingerprint density at radius 2 is 0.885 bits per heavy atom. The number of carbonyl (C=O) groups is 3. The number of aliphatic carboxylic acids is 1. The molecular formula is C53H86NO7+. The average Bonchev–Trinajstić information content (AvgIpc) is 3.22. The second-order valence-corrected chi connectivity index (χ2v) is 16.2. The van der Waals surface area contributed by atoms with E-state index >= 15 is 0 Å². The van der Waals surface area contributed by atoms with E-state index in [1.165, 1.54) is 19.3 Å². The van der Waals surface area contributed by atoms with E-state index in [0.29, 0.717) is 19.3 Å². The van der Waals surface area contributed by atoms with Gasteiger partial charge in [-0.1, -0.05) is 155 Å². The van der Waals surface area contributed by atoms with Crippen molar-refractivity contribution in [1.29, 1.82) is 0 Å². The number of likely N-dealkylation sites (N-methyl/N-ethyl adjacent to an activating group) is 1. The summed E-state index contributed by atoms with van der Waals surface area (Å²) in [6, 6.07) is -0.631. The zero-order valence-corrected chi connectivity index (χ0v) is 39.1. The Morgan fingerprint density at radius 3 is 1.33 bits per heavy atom. The number of carboxylic acids is 1. The monoisotopic (exact) mass is 849 g/mol. The zero-order valence-electron chi connectivity index (χ0n) is 39.1. The third kappa shape index (κ3) is 41.1. The number of hydrogen-bond acceptors (Lipinski definition) is 6. The lowest BCUT2D eigenvalue weighted by Gasteiger charge is -2.31. The molecule has 0 heterocycles.